The van der Waals surface area contributed by atoms with Gasteiger partial charge in [0, 0.05) is 0 Å². The van der Waals surface area contributed by atoms with Gasteiger partial charge in [0.05, 0.1) is 12.6 Å². The summed E-state index contributed by atoms with van der Waals surface area (Å²) in [6.07, 6.45) is -5.42. The fraction of sp³-hybridized carbons (Fsp3) is 0.889. The Balaban J connectivity index is 2.65. The summed E-state index contributed by atoms with van der Waals surface area (Å²) >= 11 is 0. The van der Waals surface area contributed by atoms with Crippen LogP contribution in [-0.2, 0) is 23.4 Å². The van der Waals surface area contributed by atoms with Crippen molar-refractivity contribution in [1.29, 1.82) is 0 Å². The molecule has 0 aromatic heterocycles. The van der Waals surface area contributed by atoms with E-state index in [0.717, 1.165) is 0 Å². The smallest absolute Gasteiger partial charge is 0.388 e. The molecule has 0 aromatic rings. The van der Waals surface area contributed by atoms with Gasteiger partial charge in [-0.2, -0.15) is 0 Å². The Bertz CT molecular complexity index is 386. The fourth-order valence-corrected chi connectivity index (χ4v) is 1.95. The number of nitrogens with two attached hydrogens (primary N) is 1. The van der Waals surface area contributed by atoms with E-state index in [2.05, 4.69) is 4.52 Å². The summed E-state index contributed by atoms with van der Waals surface area (Å²) < 4.78 is 25.0. The molecule has 1 saturated heterocycles. The van der Waals surface area contributed by atoms with Gasteiger partial charge in [-0.3, -0.25) is 9.32 Å². The quantitative estimate of drug-likeness (QED) is 0.329. The Morgan fingerprint density at radius 2 is 1.95 bits per heavy atom. The van der Waals surface area contributed by atoms with Gasteiger partial charge in [0.1, 0.15) is 24.9 Å². The van der Waals surface area contributed by atoms with Crippen LogP contribution in [-0.4, -0.2) is 69.6 Å². The van der Waals surface area contributed by atoms with Gasteiger partial charge in [-0.1, -0.05) is 0 Å². The number of hydrogen-bond donors (Lipinski definition) is 5. The molecule has 1 aliphatic heterocycles. The monoisotopic (exact) mass is 315 g/mol. The first-order chi connectivity index (χ1) is 9.11. The molecule has 0 spiro atoms. The summed E-state index contributed by atoms with van der Waals surface area (Å²) in [5, 5.41) is 19.4. The number of carbonyl (C=O) groups is 1. The van der Waals surface area contributed by atoms with E-state index in [-0.39, 0.29) is 12.4 Å². The molecule has 0 bridgehead atoms. The number of aliphatic hydroxyl groups excluding tert-OH is 2. The van der Waals surface area contributed by atoms with Crippen LogP contribution >= 0.6 is 7.82 Å². The standard InChI is InChI=1S/C9H18NO9P/c1-4(11)2-17-9-6(10)8(13)7(12)5(19-9)3-18-20(14,15)16/h5-9,12-13H,2-3,10H2,1H3,(H2,14,15,16)/t5?,6?,7-,8-,9+/m1/s1. The summed E-state index contributed by atoms with van der Waals surface area (Å²) in [6, 6.07) is -1.12. The summed E-state index contributed by atoms with van der Waals surface area (Å²) in [7, 11) is -4.74. The molecule has 1 fully saturated rings. The van der Waals surface area contributed by atoms with Crippen molar-refractivity contribution in [2.45, 2.75) is 37.6 Å². The Labute approximate surface area is 114 Å². The average Bonchev–Trinajstić information content (AvgIpc) is 2.32. The van der Waals surface area contributed by atoms with Gasteiger partial charge >= 0.3 is 7.82 Å². The highest BCUT2D eigenvalue weighted by molar-refractivity contribution is 7.46. The van der Waals surface area contributed by atoms with E-state index in [1.165, 1.54) is 6.92 Å². The first-order valence-electron chi connectivity index (χ1n) is 5.70. The second-order valence-corrected chi connectivity index (χ2v) is 5.64. The predicted octanol–water partition coefficient (Wildman–Crippen LogP) is -2.52. The highest BCUT2D eigenvalue weighted by Gasteiger charge is 2.44. The second-order valence-electron chi connectivity index (χ2n) is 4.40. The predicted molar refractivity (Wildman–Crippen MR) is 63.3 cm³/mol. The minimum atomic E-state index is -4.74. The van der Waals surface area contributed by atoms with E-state index in [0.29, 0.717) is 0 Å². The Hall–Kier alpha value is -0.420. The Kier molecular flexibility index (Phi) is 6.20. The van der Waals surface area contributed by atoms with Crippen LogP contribution in [0.1, 0.15) is 6.92 Å². The molecule has 118 valence electrons. The number of phosphoric ester groups is 1. The number of aliphatic hydroxyl groups is 2. The summed E-state index contributed by atoms with van der Waals surface area (Å²) in [6.45, 7) is 0.288. The van der Waals surface area contributed by atoms with E-state index in [9.17, 15) is 19.6 Å². The Morgan fingerprint density at radius 3 is 2.45 bits per heavy atom. The molecule has 0 aromatic carbocycles. The highest BCUT2D eigenvalue weighted by atomic mass is 31.2. The van der Waals surface area contributed by atoms with Crippen molar-refractivity contribution >= 4 is 13.6 Å². The van der Waals surface area contributed by atoms with E-state index < -0.39 is 45.1 Å². The molecule has 6 N–H and O–H groups in total. The number of ether oxygens (including phenoxy) is 2. The second kappa shape index (κ2) is 7.03. The van der Waals surface area contributed by atoms with Crippen molar-refractivity contribution in [2.75, 3.05) is 13.2 Å². The third-order valence-electron chi connectivity index (χ3n) is 2.61. The van der Waals surface area contributed by atoms with Crippen molar-refractivity contribution in [3.63, 3.8) is 0 Å². The van der Waals surface area contributed by atoms with E-state index in [4.69, 9.17) is 25.0 Å². The largest absolute Gasteiger partial charge is 0.469 e. The number of ketones is 1. The molecule has 20 heavy (non-hydrogen) atoms. The summed E-state index contributed by atoms with van der Waals surface area (Å²) in [4.78, 5) is 28.0. The molecule has 5 atom stereocenters. The van der Waals surface area contributed by atoms with Crippen molar-refractivity contribution < 1.29 is 43.4 Å². The zero-order chi connectivity index (χ0) is 15.5. The van der Waals surface area contributed by atoms with Gasteiger partial charge in [-0.15, -0.1) is 0 Å². The lowest BCUT2D eigenvalue weighted by atomic mass is 9.98. The molecule has 1 rings (SSSR count). The van der Waals surface area contributed by atoms with Gasteiger partial charge in [0.15, 0.2) is 12.1 Å². The van der Waals surface area contributed by atoms with Crippen LogP contribution in [0, 0.1) is 0 Å². The zero-order valence-electron chi connectivity index (χ0n) is 10.7. The molecule has 10 nitrogen and oxygen atoms in total. The van der Waals surface area contributed by atoms with Crippen LogP contribution in [0.3, 0.4) is 0 Å². The fourth-order valence-electron chi connectivity index (χ4n) is 1.61. The third kappa shape index (κ3) is 5.17. The van der Waals surface area contributed by atoms with Gasteiger partial charge in [0.2, 0.25) is 0 Å². The van der Waals surface area contributed by atoms with Crippen molar-refractivity contribution in [3.8, 4) is 0 Å². The number of rotatable bonds is 6. The van der Waals surface area contributed by atoms with Crippen LogP contribution in [0.4, 0.5) is 0 Å². The van der Waals surface area contributed by atoms with Crippen LogP contribution < -0.4 is 5.73 Å². The van der Waals surface area contributed by atoms with Gasteiger partial charge in [0.25, 0.3) is 0 Å². The molecule has 0 radical (unpaired) electrons. The maximum atomic E-state index is 10.8. The van der Waals surface area contributed by atoms with Gasteiger partial charge in [-0.05, 0) is 6.92 Å². The van der Waals surface area contributed by atoms with Crippen LogP contribution in [0.5, 0.6) is 0 Å². The van der Waals surface area contributed by atoms with Crippen LogP contribution in [0.15, 0.2) is 0 Å². The summed E-state index contributed by atoms with van der Waals surface area (Å²) in [5.74, 6) is -0.301. The molecule has 1 heterocycles. The lowest BCUT2D eigenvalue weighted by Crippen LogP contribution is -2.62. The van der Waals surface area contributed by atoms with E-state index in [1.807, 2.05) is 0 Å². The zero-order valence-corrected chi connectivity index (χ0v) is 11.6. The van der Waals surface area contributed by atoms with Crippen molar-refractivity contribution in [3.05, 3.63) is 0 Å². The lowest BCUT2D eigenvalue weighted by Gasteiger charge is -2.40. The highest BCUT2D eigenvalue weighted by Crippen LogP contribution is 2.36. The normalized spacial score (nSPS) is 35.0. The maximum absolute atomic E-state index is 10.8. The van der Waals surface area contributed by atoms with Crippen LogP contribution in [0.2, 0.25) is 0 Å². The summed E-state index contributed by atoms with van der Waals surface area (Å²) in [5.41, 5.74) is 5.58. The first-order valence-corrected chi connectivity index (χ1v) is 7.23. The topological polar surface area (TPSA) is 169 Å². The molecule has 0 aliphatic carbocycles. The average molecular weight is 315 g/mol. The number of hydrogen-bond acceptors (Lipinski definition) is 8. The molecule has 0 saturated carbocycles. The molecule has 11 heteroatoms. The number of carbonyl (C=O) groups excluding carboxylic acids is 1. The van der Waals surface area contributed by atoms with Crippen LogP contribution in [0.25, 0.3) is 0 Å². The SMILES string of the molecule is CC(=O)CO[C@H]1OC(COP(=O)(O)O)[C@@H](O)[C@H](O)C1N. The molecule has 2 unspecified atom stereocenters. The first kappa shape index (κ1) is 17.6. The third-order valence-corrected chi connectivity index (χ3v) is 3.09. The van der Waals surface area contributed by atoms with Gasteiger partial charge < -0.3 is 35.2 Å². The Morgan fingerprint density at radius 1 is 1.35 bits per heavy atom. The van der Waals surface area contributed by atoms with Crippen molar-refractivity contribution in [1.82, 2.24) is 0 Å². The van der Waals surface area contributed by atoms with Gasteiger partial charge in [-0.25, -0.2) is 4.57 Å². The minimum absolute atomic E-state index is 0.301. The maximum Gasteiger partial charge on any atom is 0.469 e. The molecule has 1 aliphatic rings. The molecule has 0 amide bonds. The van der Waals surface area contributed by atoms with Crippen molar-refractivity contribution in [2.24, 2.45) is 5.73 Å². The molecular formula is C9H18NO9P. The molecular weight excluding hydrogens is 297 g/mol. The number of Topliss-reactive ketones (excluding diaryl/α,β-unsaturated/α-hetero) is 1. The number of phosphoric acid groups is 1. The van der Waals surface area contributed by atoms with E-state index >= 15 is 0 Å². The van der Waals surface area contributed by atoms with E-state index in [1.54, 1.807) is 0 Å². The minimum Gasteiger partial charge on any atom is -0.388 e. The lowest BCUT2D eigenvalue weighted by molar-refractivity contribution is -0.262.